The van der Waals surface area contributed by atoms with Crippen LogP contribution in [0.4, 0.5) is 0 Å². The number of benzene rings is 1. The molecule has 0 aliphatic heterocycles. The van der Waals surface area contributed by atoms with Crippen LogP contribution in [-0.4, -0.2) is 10.9 Å². The molecule has 0 amide bonds. The van der Waals surface area contributed by atoms with Crippen molar-refractivity contribution in [2.45, 2.75) is 19.4 Å². The standard InChI is InChI=1S/C12H15NO2/c1-9(14)7-11(15)8-12(13)10-5-3-2-4-6-10/h2-7,12,15H,8,13H2,1H3/b11-7-. The quantitative estimate of drug-likeness (QED) is 0.584. The van der Waals surface area contributed by atoms with E-state index in [0.29, 0.717) is 0 Å². The molecule has 1 unspecified atom stereocenters. The smallest absolute Gasteiger partial charge is 0.155 e. The largest absolute Gasteiger partial charge is 0.512 e. The molecule has 0 aliphatic carbocycles. The molecule has 3 N–H and O–H groups in total. The Morgan fingerprint density at radius 1 is 1.47 bits per heavy atom. The van der Waals surface area contributed by atoms with E-state index < -0.39 is 0 Å². The summed E-state index contributed by atoms with van der Waals surface area (Å²) in [5.74, 6) is -0.147. The van der Waals surface area contributed by atoms with Crippen LogP contribution in [0.2, 0.25) is 0 Å². The third kappa shape index (κ3) is 3.95. The Bertz CT molecular complexity index is 357. The van der Waals surface area contributed by atoms with Crippen LogP contribution in [0.1, 0.15) is 24.9 Å². The van der Waals surface area contributed by atoms with E-state index in [9.17, 15) is 9.90 Å². The first-order valence-corrected chi connectivity index (χ1v) is 4.80. The Morgan fingerprint density at radius 2 is 2.07 bits per heavy atom. The number of aliphatic hydroxyl groups is 1. The average molecular weight is 205 g/mol. The van der Waals surface area contributed by atoms with Gasteiger partial charge in [-0.05, 0) is 12.5 Å². The second-order valence-electron chi connectivity index (χ2n) is 3.47. The van der Waals surface area contributed by atoms with Gasteiger partial charge in [0.25, 0.3) is 0 Å². The van der Waals surface area contributed by atoms with Gasteiger partial charge in [0.15, 0.2) is 5.78 Å². The number of hydrogen-bond donors (Lipinski definition) is 2. The summed E-state index contributed by atoms with van der Waals surface area (Å²) >= 11 is 0. The van der Waals surface area contributed by atoms with Crippen LogP contribution in [0.25, 0.3) is 0 Å². The van der Waals surface area contributed by atoms with Gasteiger partial charge in [-0.25, -0.2) is 0 Å². The first kappa shape index (κ1) is 11.5. The Hall–Kier alpha value is -1.61. The molecule has 1 atom stereocenters. The monoisotopic (exact) mass is 205 g/mol. The zero-order valence-electron chi connectivity index (χ0n) is 8.68. The molecule has 15 heavy (non-hydrogen) atoms. The molecule has 0 spiro atoms. The molecule has 0 heterocycles. The maximum atomic E-state index is 10.7. The molecule has 80 valence electrons. The highest BCUT2D eigenvalue weighted by Crippen LogP contribution is 2.16. The molecule has 1 aromatic rings. The van der Waals surface area contributed by atoms with Crippen LogP contribution in [0.15, 0.2) is 42.2 Å². The van der Waals surface area contributed by atoms with E-state index in [0.717, 1.165) is 5.56 Å². The predicted octanol–water partition coefficient (Wildman–Crippen LogP) is 2.11. The van der Waals surface area contributed by atoms with E-state index in [1.54, 1.807) is 0 Å². The van der Waals surface area contributed by atoms with Crippen LogP contribution >= 0.6 is 0 Å². The maximum Gasteiger partial charge on any atom is 0.155 e. The second-order valence-corrected chi connectivity index (χ2v) is 3.47. The lowest BCUT2D eigenvalue weighted by Gasteiger charge is -2.10. The summed E-state index contributed by atoms with van der Waals surface area (Å²) in [6.45, 7) is 1.39. The Morgan fingerprint density at radius 3 is 2.60 bits per heavy atom. The molecule has 1 rings (SSSR count). The summed E-state index contributed by atoms with van der Waals surface area (Å²) in [6, 6.07) is 9.20. The number of rotatable bonds is 4. The number of allylic oxidation sites excluding steroid dienone is 1. The summed E-state index contributed by atoms with van der Waals surface area (Å²) in [6.07, 6.45) is 1.48. The van der Waals surface area contributed by atoms with Gasteiger partial charge in [-0.2, -0.15) is 0 Å². The van der Waals surface area contributed by atoms with E-state index in [1.807, 2.05) is 30.3 Å². The molecule has 0 radical (unpaired) electrons. The van der Waals surface area contributed by atoms with Gasteiger partial charge >= 0.3 is 0 Å². The zero-order valence-corrected chi connectivity index (χ0v) is 8.68. The van der Waals surface area contributed by atoms with Crippen molar-refractivity contribution < 1.29 is 9.90 Å². The number of hydrogen-bond acceptors (Lipinski definition) is 3. The van der Waals surface area contributed by atoms with E-state index in [1.165, 1.54) is 13.0 Å². The molecule has 0 aliphatic rings. The first-order valence-electron chi connectivity index (χ1n) is 4.80. The number of ketones is 1. The summed E-state index contributed by atoms with van der Waals surface area (Å²) in [5.41, 5.74) is 6.80. The minimum absolute atomic E-state index is 0.0267. The van der Waals surface area contributed by atoms with E-state index in [2.05, 4.69) is 0 Å². The topological polar surface area (TPSA) is 63.3 Å². The maximum absolute atomic E-state index is 10.7. The second kappa shape index (κ2) is 5.32. The molecule has 0 fully saturated rings. The SMILES string of the molecule is CC(=O)/C=C(\O)CC(N)c1ccccc1. The van der Waals surface area contributed by atoms with Crippen LogP contribution in [0.3, 0.4) is 0 Å². The average Bonchev–Trinajstić information content (AvgIpc) is 2.17. The third-order valence-corrected chi connectivity index (χ3v) is 2.03. The summed E-state index contributed by atoms with van der Waals surface area (Å²) < 4.78 is 0. The number of carbonyl (C=O) groups excluding carboxylic acids is 1. The highest BCUT2D eigenvalue weighted by Gasteiger charge is 2.07. The molecule has 0 bridgehead atoms. The van der Waals surface area contributed by atoms with E-state index in [-0.39, 0.29) is 24.0 Å². The van der Waals surface area contributed by atoms with Gasteiger partial charge in [0.05, 0.1) is 5.76 Å². The predicted molar refractivity (Wildman–Crippen MR) is 59.4 cm³/mol. The highest BCUT2D eigenvalue weighted by atomic mass is 16.3. The lowest BCUT2D eigenvalue weighted by Crippen LogP contribution is -2.11. The molecular formula is C12H15NO2. The van der Waals surface area contributed by atoms with Crippen LogP contribution in [0.5, 0.6) is 0 Å². The van der Waals surface area contributed by atoms with E-state index in [4.69, 9.17) is 5.73 Å². The molecular weight excluding hydrogens is 190 g/mol. The molecule has 3 nitrogen and oxygen atoms in total. The minimum Gasteiger partial charge on any atom is -0.512 e. The van der Waals surface area contributed by atoms with E-state index >= 15 is 0 Å². The van der Waals surface area contributed by atoms with Gasteiger partial charge in [-0.3, -0.25) is 4.79 Å². The van der Waals surface area contributed by atoms with Gasteiger partial charge < -0.3 is 10.8 Å². The molecule has 3 heteroatoms. The van der Waals surface area contributed by atoms with Crippen molar-refractivity contribution in [3.63, 3.8) is 0 Å². The van der Waals surface area contributed by atoms with Crippen molar-refractivity contribution in [1.82, 2.24) is 0 Å². The van der Waals surface area contributed by atoms with Crippen LogP contribution < -0.4 is 5.73 Å². The Kier molecular flexibility index (Phi) is 4.06. The fourth-order valence-corrected chi connectivity index (χ4v) is 1.34. The molecule has 0 aromatic heterocycles. The van der Waals surface area contributed by atoms with Crippen molar-refractivity contribution in [1.29, 1.82) is 0 Å². The van der Waals surface area contributed by atoms with Gasteiger partial charge in [0.1, 0.15) is 0 Å². The number of carbonyl (C=O) groups is 1. The van der Waals surface area contributed by atoms with Gasteiger partial charge in [-0.1, -0.05) is 30.3 Å². The van der Waals surface area contributed by atoms with Crippen LogP contribution in [0, 0.1) is 0 Å². The normalized spacial score (nSPS) is 13.6. The van der Waals surface area contributed by atoms with Gasteiger partial charge in [-0.15, -0.1) is 0 Å². The van der Waals surface area contributed by atoms with Crippen molar-refractivity contribution in [2.75, 3.05) is 0 Å². The molecule has 0 saturated carbocycles. The number of nitrogens with two attached hydrogens (primary N) is 1. The highest BCUT2D eigenvalue weighted by molar-refractivity contribution is 5.87. The fraction of sp³-hybridized carbons (Fsp3) is 0.250. The van der Waals surface area contributed by atoms with Crippen LogP contribution in [-0.2, 0) is 4.79 Å². The molecule has 1 aromatic carbocycles. The first-order chi connectivity index (χ1) is 7.09. The summed E-state index contributed by atoms with van der Waals surface area (Å²) in [5, 5.41) is 9.41. The summed E-state index contributed by atoms with van der Waals surface area (Å²) in [4.78, 5) is 10.7. The Labute approximate surface area is 89.2 Å². The third-order valence-electron chi connectivity index (χ3n) is 2.03. The van der Waals surface area contributed by atoms with Gasteiger partial charge in [0.2, 0.25) is 0 Å². The number of aliphatic hydroxyl groups excluding tert-OH is 1. The van der Waals surface area contributed by atoms with Crippen molar-refractivity contribution in [3.8, 4) is 0 Å². The zero-order chi connectivity index (χ0) is 11.3. The van der Waals surface area contributed by atoms with Crippen molar-refractivity contribution in [3.05, 3.63) is 47.7 Å². The van der Waals surface area contributed by atoms with Crippen molar-refractivity contribution in [2.24, 2.45) is 5.73 Å². The molecule has 0 saturated heterocycles. The van der Waals surface area contributed by atoms with Gasteiger partial charge in [0, 0.05) is 18.5 Å². The Balaban J connectivity index is 2.64. The fourth-order valence-electron chi connectivity index (χ4n) is 1.34. The minimum atomic E-state index is -0.276. The lowest BCUT2D eigenvalue weighted by atomic mass is 10.0. The van der Waals surface area contributed by atoms with Crippen molar-refractivity contribution >= 4 is 5.78 Å². The summed E-state index contributed by atoms with van der Waals surface area (Å²) in [7, 11) is 0. The lowest BCUT2D eigenvalue weighted by molar-refractivity contribution is -0.112.